The molecule has 1 aromatic rings. The quantitative estimate of drug-likeness (QED) is 0.857. The predicted octanol–water partition coefficient (Wildman–Crippen LogP) is 2.99. The summed E-state index contributed by atoms with van der Waals surface area (Å²) in [6.45, 7) is 6.40. The van der Waals surface area contributed by atoms with E-state index in [0.29, 0.717) is 5.56 Å². The lowest BCUT2D eigenvalue weighted by Gasteiger charge is -2.26. The lowest BCUT2D eigenvalue weighted by atomic mass is 10.1. The number of thioether (sulfide) groups is 1. The average Bonchev–Trinajstić information content (AvgIpc) is 2.41. The fraction of sp³-hybridized carbons (Fsp3) is 0.438. The molecule has 0 radical (unpaired) electrons. The fourth-order valence-corrected chi connectivity index (χ4v) is 2.82. The van der Waals surface area contributed by atoms with Gasteiger partial charge in [-0.15, -0.1) is 0 Å². The zero-order chi connectivity index (χ0) is 17.6. The topological polar surface area (TPSA) is 92.7 Å². The van der Waals surface area contributed by atoms with Crippen LogP contribution in [-0.4, -0.2) is 33.9 Å². The van der Waals surface area contributed by atoms with Crippen LogP contribution in [0.15, 0.2) is 30.3 Å². The fourth-order valence-electron chi connectivity index (χ4n) is 1.85. The summed E-state index contributed by atoms with van der Waals surface area (Å²) in [6.07, 6.45) is -0.838. The second-order valence-corrected chi connectivity index (χ2v) is 7.22. The third kappa shape index (κ3) is 6.73. The summed E-state index contributed by atoms with van der Waals surface area (Å²) >= 11 is 0.859. The molecule has 0 aliphatic carbocycles. The maximum Gasteiger partial charge on any atom is 0.408 e. The van der Waals surface area contributed by atoms with Gasteiger partial charge in [-0.25, -0.2) is 9.59 Å². The van der Waals surface area contributed by atoms with Gasteiger partial charge in [0.15, 0.2) is 5.12 Å². The third-order valence-electron chi connectivity index (χ3n) is 2.66. The Morgan fingerprint density at radius 3 is 2.17 bits per heavy atom. The largest absolute Gasteiger partial charge is 0.480 e. The molecule has 0 aliphatic rings. The number of carboxylic acids is 1. The number of amides is 1. The van der Waals surface area contributed by atoms with Crippen molar-refractivity contribution in [3.8, 4) is 0 Å². The third-order valence-corrected chi connectivity index (χ3v) is 3.79. The summed E-state index contributed by atoms with van der Waals surface area (Å²) in [5.74, 6) is -1.24. The van der Waals surface area contributed by atoms with Crippen LogP contribution in [0.2, 0.25) is 0 Å². The van der Waals surface area contributed by atoms with Crippen LogP contribution >= 0.6 is 11.8 Å². The highest BCUT2D eigenvalue weighted by atomic mass is 32.2. The molecule has 0 saturated carbocycles. The minimum atomic E-state index is -1.29. The molecule has 2 N–H and O–H groups in total. The first-order valence-electron chi connectivity index (χ1n) is 7.04. The van der Waals surface area contributed by atoms with E-state index in [4.69, 9.17) is 4.74 Å². The van der Waals surface area contributed by atoms with Crippen molar-refractivity contribution in [3.05, 3.63) is 35.9 Å². The van der Waals surface area contributed by atoms with Crippen LogP contribution in [0.5, 0.6) is 0 Å². The van der Waals surface area contributed by atoms with Crippen LogP contribution in [0, 0.1) is 0 Å². The van der Waals surface area contributed by atoms with Gasteiger partial charge in [-0.3, -0.25) is 4.79 Å². The first kappa shape index (κ1) is 19.0. The average molecular weight is 339 g/mol. The van der Waals surface area contributed by atoms with Gasteiger partial charge in [0, 0.05) is 6.92 Å². The molecule has 7 heteroatoms. The van der Waals surface area contributed by atoms with E-state index in [9.17, 15) is 19.5 Å². The van der Waals surface area contributed by atoms with Gasteiger partial charge in [0.1, 0.15) is 11.6 Å². The number of ether oxygens (including phenoxy) is 1. The zero-order valence-electron chi connectivity index (χ0n) is 13.5. The molecule has 0 spiro atoms. The molecular weight excluding hydrogens is 318 g/mol. The highest BCUT2D eigenvalue weighted by Crippen LogP contribution is 2.33. The maximum absolute atomic E-state index is 11.9. The Balaban J connectivity index is 3.04. The summed E-state index contributed by atoms with van der Waals surface area (Å²) in [6, 6.07) is 7.42. The molecule has 23 heavy (non-hydrogen) atoms. The van der Waals surface area contributed by atoms with E-state index in [1.54, 1.807) is 51.1 Å². The van der Waals surface area contributed by atoms with Crippen molar-refractivity contribution in [3.63, 3.8) is 0 Å². The molecule has 0 aliphatic heterocycles. The number of hydrogen-bond donors (Lipinski definition) is 2. The Morgan fingerprint density at radius 1 is 1.17 bits per heavy atom. The van der Waals surface area contributed by atoms with E-state index in [0.717, 1.165) is 11.8 Å². The SMILES string of the molecule is CC(=O)S[C@H](c1ccccc1)[C@H](NC(=O)OC(C)(C)C)C(=O)O. The second kappa shape index (κ2) is 8.01. The number of carboxylic acid groups (broad SMARTS) is 1. The number of hydrogen-bond acceptors (Lipinski definition) is 5. The molecule has 2 atom stereocenters. The van der Waals surface area contributed by atoms with Gasteiger partial charge >= 0.3 is 12.1 Å². The monoisotopic (exact) mass is 339 g/mol. The van der Waals surface area contributed by atoms with Gasteiger partial charge in [0.25, 0.3) is 0 Å². The minimum Gasteiger partial charge on any atom is -0.480 e. The standard InChI is InChI=1S/C16H21NO5S/c1-10(18)23-13(11-8-6-5-7-9-11)12(14(19)20)17-15(21)22-16(2,3)4/h5-9,12-13H,1-4H3,(H,17,21)(H,19,20)/t12-,13+/m0/s1. The number of alkyl carbamates (subject to hydrolysis) is 1. The molecule has 0 fully saturated rings. The van der Waals surface area contributed by atoms with Crippen LogP contribution in [0.25, 0.3) is 0 Å². The van der Waals surface area contributed by atoms with E-state index < -0.39 is 29.0 Å². The number of benzene rings is 1. The Kier molecular flexibility index (Phi) is 6.62. The normalized spacial score (nSPS) is 13.7. The summed E-state index contributed by atoms with van der Waals surface area (Å²) in [5.41, 5.74) is -0.112. The highest BCUT2D eigenvalue weighted by molar-refractivity contribution is 8.13. The van der Waals surface area contributed by atoms with Crippen LogP contribution in [0.3, 0.4) is 0 Å². The van der Waals surface area contributed by atoms with Gasteiger partial charge in [-0.05, 0) is 26.3 Å². The van der Waals surface area contributed by atoms with Gasteiger partial charge in [-0.1, -0.05) is 42.1 Å². The van der Waals surface area contributed by atoms with Crippen molar-refractivity contribution < 1.29 is 24.2 Å². The molecule has 0 unspecified atom stereocenters. The van der Waals surface area contributed by atoms with Gasteiger partial charge in [0.2, 0.25) is 0 Å². The van der Waals surface area contributed by atoms with E-state index >= 15 is 0 Å². The second-order valence-electron chi connectivity index (χ2n) is 5.90. The van der Waals surface area contributed by atoms with Crippen molar-refractivity contribution in [1.82, 2.24) is 5.32 Å². The Bertz CT molecular complexity index is 568. The number of carbonyl (C=O) groups excluding carboxylic acids is 2. The predicted molar refractivity (Wildman–Crippen MR) is 88.2 cm³/mol. The molecule has 1 amide bonds. The summed E-state index contributed by atoms with van der Waals surface area (Å²) in [7, 11) is 0. The van der Waals surface area contributed by atoms with E-state index in [1.807, 2.05) is 0 Å². The highest BCUT2D eigenvalue weighted by Gasteiger charge is 2.34. The minimum absolute atomic E-state index is 0.240. The number of rotatable bonds is 5. The van der Waals surface area contributed by atoms with Gasteiger partial charge in [0.05, 0.1) is 5.25 Å². The Labute approximate surface area is 139 Å². The lowest BCUT2D eigenvalue weighted by Crippen LogP contribution is -2.46. The van der Waals surface area contributed by atoms with Crippen molar-refractivity contribution in [2.75, 3.05) is 0 Å². The number of nitrogens with one attached hydrogen (secondary N) is 1. The molecule has 0 bridgehead atoms. The van der Waals surface area contributed by atoms with Gasteiger partial charge in [-0.2, -0.15) is 0 Å². The molecule has 0 aromatic heterocycles. The van der Waals surface area contributed by atoms with Crippen molar-refractivity contribution >= 4 is 28.9 Å². The van der Waals surface area contributed by atoms with Crippen LogP contribution in [0.1, 0.15) is 38.5 Å². The van der Waals surface area contributed by atoms with Crippen LogP contribution in [-0.2, 0) is 14.3 Å². The van der Waals surface area contributed by atoms with Crippen LogP contribution < -0.4 is 5.32 Å². The Morgan fingerprint density at radius 2 is 1.74 bits per heavy atom. The molecule has 126 valence electrons. The first-order valence-corrected chi connectivity index (χ1v) is 7.92. The first-order chi connectivity index (χ1) is 10.6. The lowest BCUT2D eigenvalue weighted by molar-refractivity contribution is -0.139. The molecule has 6 nitrogen and oxygen atoms in total. The maximum atomic E-state index is 11.9. The molecule has 1 aromatic carbocycles. The summed E-state index contributed by atoms with van der Waals surface area (Å²) in [5, 5.41) is 10.8. The van der Waals surface area contributed by atoms with Crippen LogP contribution in [0.4, 0.5) is 4.79 Å². The van der Waals surface area contributed by atoms with Gasteiger partial charge < -0.3 is 15.2 Å². The molecule has 0 heterocycles. The van der Waals surface area contributed by atoms with E-state index in [-0.39, 0.29) is 5.12 Å². The smallest absolute Gasteiger partial charge is 0.408 e. The number of carbonyl (C=O) groups is 3. The summed E-state index contributed by atoms with van der Waals surface area (Å²) < 4.78 is 5.10. The van der Waals surface area contributed by atoms with Crippen molar-refractivity contribution in [2.45, 2.75) is 44.6 Å². The number of aliphatic carboxylic acids is 1. The molecule has 0 saturated heterocycles. The van der Waals surface area contributed by atoms with E-state index in [1.165, 1.54) is 6.92 Å². The summed E-state index contributed by atoms with van der Waals surface area (Å²) in [4.78, 5) is 35.0. The zero-order valence-corrected chi connectivity index (χ0v) is 14.3. The Hall–Kier alpha value is -2.02. The molecular formula is C16H21NO5S. The van der Waals surface area contributed by atoms with Crippen molar-refractivity contribution in [2.24, 2.45) is 0 Å². The van der Waals surface area contributed by atoms with Crippen molar-refractivity contribution in [1.29, 1.82) is 0 Å². The van der Waals surface area contributed by atoms with E-state index in [2.05, 4.69) is 5.32 Å². The molecule has 1 rings (SSSR count).